The number of benzene rings is 3. The quantitative estimate of drug-likeness (QED) is 0.416. The molecule has 1 aliphatic heterocycles. The highest BCUT2D eigenvalue weighted by molar-refractivity contribution is 7.57. The van der Waals surface area contributed by atoms with Crippen LogP contribution < -0.4 is 14.4 Å². The van der Waals surface area contributed by atoms with E-state index < -0.39 is 8.38 Å². The topological polar surface area (TPSA) is 18.5 Å². The van der Waals surface area contributed by atoms with Crippen molar-refractivity contribution in [3.8, 4) is 22.6 Å². The van der Waals surface area contributed by atoms with Crippen LogP contribution in [0, 0.1) is 0 Å². The third-order valence-corrected chi connectivity index (χ3v) is 6.76. The van der Waals surface area contributed by atoms with Crippen molar-refractivity contribution in [1.82, 2.24) is 0 Å². The Morgan fingerprint density at radius 3 is 1.83 bits per heavy atom. The Kier molecular flexibility index (Phi) is 4.95. The van der Waals surface area contributed by atoms with Gasteiger partial charge in [-0.25, -0.2) is 0 Å². The lowest BCUT2D eigenvalue weighted by molar-refractivity contribution is 0.461. The maximum Gasteiger partial charge on any atom is 0.326 e. The van der Waals surface area contributed by atoms with E-state index in [1.807, 2.05) is 12.1 Å². The maximum absolute atomic E-state index is 6.80. The van der Waals surface area contributed by atoms with E-state index in [9.17, 15) is 0 Å². The molecule has 4 rings (SSSR count). The third-order valence-electron chi connectivity index (χ3n) is 5.26. The van der Waals surface area contributed by atoms with Gasteiger partial charge >= 0.3 is 8.38 Å². The van der Waals surface area contributed by atoms with Gasteiger partial charge in [-0.3, -0.25) is 0 Å². The summed E-state index contributed by atoms with van der Waals surface area (Å²) in [6, 6.07) is 23.2. The number of hydrogen-bond acceptors (Lipinski definition) is 2. The van der Waals surface area contributed by atoms with E-state index in [4.69, 9.17) is 9.05 Å². The van der Waals surface area contributed by atoms with Gasteiger partial charge in [-0.1, -0.05) is 96.1 Å². The second-order valence-electron chi connectivity index (χ2n) is 9.64. The van der Waals surface area contributed by atoms with E-state index in [0.717, 1.165) is 22.4 Å². The number of para-hydroxylation sites is 2. The van der Waals surface area contributed by atoms with Gasteiger partial charge in [-0.05, 0) is 28.5 Å². The van der Waals surface area contributed by atoms with Crippen molar-refractivity contribution >= 4 is 13.7 Å². The van der Waals surface area contributed by atoms with Crippen molar-refractivity contribution in [2.45, 2.75) is 52.4 Å². The molecule has 0 radical (unpaired) electrons. The molecule has 150 valence electrons. The van der Waals surface area contributed by atoms with Crippen LogP contribution in [0.25, 0.3) is 11.1 Å². The molecule has 0 saturated carbocycles. The van der Waals surface area contributed by atoms with Crippen LogP contribution in [0.5, 0.6) is 11.5 Å². The van der Waals surface area contributed by atoms with Crippen LogP contribution in [-0.4, -0.2) is 0 Å². The average molecular weight is 404 g/mol. The van der Waals surface area contributed by atoms with Crippen LogP contribution in [0.1, 0.15) is 52.7 Å². The van der Waals surface area contributed by atoms with Gasteiger partial charge in [0.2, 0.25) is 0 Å². The smallest absolute Gasteiger partial charge is 0.326 e. The zero-order valence-corrected chi connectivity index (χ0v) is 19.0. The Bertz CT molecular complexity index is 1010. The van der Waals surface area contributed by atoms with Crippen molar-refractivity contribution in [2.75, 3.05) is 0 Å². The highest BCUT2D eigenvalue weighted by Gasteiger charge is 2.33. The Morgan fingerprint density at radius 2 is 1.21 bits per heavy atom. The molecule has 29 heavy (non-hydrogen) atoms. The summed E-state index contributed by atoms with van der Waals surface area (Å²) in [5, 5.41) is 1.13. The molecule has 1 unspecified atom stereocenters. The molecule has 0 fully saturated rings. The largest absolute Gasteiger partial charge is 0.435 e. The van der Waals surface area contributed by atoms with Crippen molar-refractivity contribution in [1.29, 1.82) is 0 Å². The zero-order valence-electron chi connectivity index (χ0n) is 18.1. The van der Waals surface area contributed by atoms with Gasteiger partial charge in [-0.2, -0.15) is 0 Å². The molecule has 1 atom stereocenters. The first-order chi connectivity index (χ1) is 13.7. The summed E-state index contributed by atoms with van der Waals surface area (Å²) in [4.78, 5) is 0. The van der Waals surface area contributed by atoms with Gasteiger partial charge in [0.1, 0.15) is 11.5 Å². The summed E-state index contributed by atoms with van der Waals surface area (Å²) < 4.78 is 13.2. The molecule has 3 aromatic carbocycles. The molecular weight excluding hydrogens is 375 g/mol. The molecule has 0 saturated heterocycles. The van der Waals surface area contributed by atoms with Crippen molar-refractivity contribution in [3.05, 3.63) is 77.9 Å². The van der Waals surface area contributed by atoms with Crippen LogP contribution in [0.2, 0.25) is 0 Å². The molecule has 0 aromatic heterocycles. The van der Waals surface area contributed by atoms with Crippen molar-refractivity contribution in [2.24, 2.45) is 0 Å². The molecule has 3 heteroatoms. The monoisotopic (exact) mass is 404 g/mol. The molecule has 1 aliphatic rings. The van der Waals surface area contributed by atoms with Gasteiger partial charge in [0, 0.05) is 16.7 Å². The molecule has 1 heterocycles. The first-order valence-corrected chi connectivity index (χ1v) is 11.3. The van der Waals surface area contributed by atoms with Crippen molar-refractivity contribution in [3.63, 3.8) is 0 Å². The molecule has 2 nitrogen and oxygen atoms in total. The van der Waals surface area contributed by atoms with Crippen molar-refractivity contribution < 1.29 is 9.05 Å². The van der Waals surface area contributed by atoms with E-state index in [2.05, 4.69) is 96.1 Å². The summed E-state index contributed by atoms with van der Waals surface area (Å²) in [6.45, 7) is 13.4. The van der Waals surface area contributed by atoms with E-state index >= 15 is 0 Å². The summed E-state index contributed by atoms with van der Waals surface area (Å²) in [5.41, 5.74) is 4.70. The molecule has 0 bridgehead atoms. The summed E-state index contributed by atoms with van der Waals surface area (Å²) in [7, 11) is -1.28. The van der Waals surface area contributed by atoms with Gasteiger partial charge in [0.25, 0.3) is 0 Å². The van der Waals surface area contributed by atoms with E-state index in [1.54, 1.807) is 0 Å². The summed E-state index contributed by atoms with van der Waals surface area (Å²) in [6.07, 6.45) is 0. The summed E-state index contributed by atoms with van der Waals surface area (Å²) >= 11 is 0. The highest BCUT2D eigenvalue weighted by Crippen LogP contribution is 2.52. The predicted molar refractivity (Wildman–Crippen MR) is 124 cm³/mol. The minimum Gasteiger partial charge on any atom is -0.435 e. The zero-order chi connectivity index (χ0) is 20.8. The number of hydrogen-bond donors (Lipinski definition) is 0. The predicted octanol–water partition coefficient (Wildman–Crippen LogP) is 7.36. The van der Waals surface area contributed by atoms with E-state index in [1.165, 1.54) is 16.7 Å². The molecule has 0 aliphatic carbocycles. The highest BCUT2D eigenvalue weighted by atomic mass is 31.2. The molecule has 0 spiro atoms. The van der Waals surface area contributed by atoms with Crippen LogP contribution >= 0.6 is 8.38 Å². The Hall–Kier alpha value is -2.31. The normalized spacial score (nSPS) is 15.9. The van der Waals surface area contributed by atoms with E-state index in [-0.39, 0.29) is 10.8 Å². The van der Waals surface area contributed by atoms with E-state index in [0.29, 0.717) is 0 Å². The number of rotatable bonds is 2. The van der Waals surface area contributed by atoms with Crippen LogP contribution in [0.4, 0.5) is 0 Å². The third kappa shape index (κ3) is 3.79. The minimum absolute atomic E-state index is 0.0286. The lowest BCUT2D eigenvalue weighted by Gasteiger charge is -2.33. The second-order valence-corrected chi connectivity index (χ2v) is 11.0. The van der Waals surface area contributed by atoms with Crippen LogP contribution in [0.15, 0.2) is 66.7 Å². The van der Waals surface area contributed by atoms with Gasteiger partial charge in [0.05, 0.1) is 5.30 Å². The van der Waals surface area contributed by atoms with Crippen LogP contribution in [0.3, 0.4) is 0 Å². The van der Waals surface area contributed by atoms with Gasteiger partial charge in [0.15, 0.2) is 0 Å². The average Bonchev–Trinajstić information content (AvgIpc) is 2.66. The molecular formula is C26H29O2P. The molecule has 3 aromatic rings. The fourth-order valence-electron chi connectivity index (χ4n) is 3.74. The fraction of sp³-hybridized carbons (Fsp3) is 0.308. The Morgan fingerprint density at radius 1 is 0.655 bits per heavy atom. The molecule has 0 N–H and O–H groups in total. The Labute approximate surface area is 175 Å². The fourth-order valence-corrected chi connectivity index (χ4v) is 5.27. The second kappa shape index (κ2) is 7.18. The first kappa shape index (κ1) is 20.0. The lowest BCUT2D eigenvalue weighted by atomic mass is 9.80. The lowest BCUT2D eigenvalue weighted by Crippen LogP contribution is -2.22. The number of fused-ring (bicyclic) bond motifs is 3. The minimum atomic E-state index is -1.28. The van der Waals surface area contributed by atoms with Gasteiger partial charge < -0.3 is 9.05 Å². The van der Waals surface area contributed by atoms with Crippen LogP contribution in [-0.2, 0) is 10.8 Å². The van der Waals surface area contributed by atoms with Gasteiger partial charge in [-0.15, -0.1) is 0 Å². The Balaban J connectivity index is 1.85. The molecule has 0 amide bonds. The first-order valence-electron chi connectivity index (χ1n) is 10.1. The summed E-state index contributed by atoms with van der Waals surface area (Å²) in [5.74, 6) is 1.86. The SMILES string of the molecule is CC(C)(C)c1cccc(C(C)(C)C)c1OP1Oc2ccccc2-c2ccccc21. The maximum atomic E-state index is 6.80. The standard InChI is InChI=1S/C26H29O2P/c1-25(2,3)20-14-11-15-21(26(4,5)6)24(20)28-29-23-17-10-8-13-19(23)18-12-7-9-16-22(18)27-29/h7-17H,1-6H3.